The minimum Gasteiger partial charge on any atom is -0.103 e. The zero-order valence-corrected chi connectivity index (χ0v) is 37.2. The molecule has 0 aromatic rings. The lowest BCUT2D eigenvalue weighted by atomic mass is 10.0. The first-order valence-electron chi connectivity index (χ1n) is 20.4. The molecule has 0 aromatic heterocycles. The normalized spacial score (nSPS) is 21.3. The van der Waals surface area contributed by atoms with Crippen LogP contribution in [0.3, 0.4) is 0 Å². The van der Waals surface area contributed by atoms with Gasteiger partial charge in [0, 0.05) is 0 Å². The van der Waals surface area contributed by atoms with Crippen LogP contribution in [0.25, 0.3) is 0 Å². The fourth-order valence-corrected chi connectivity index (χ4v) is 18.8. The summed E-state index contributed by atoms with van der Waals surface area (Å²) in [4.78, 5) is 0. The van der Waals surface area contributed by atoms with Crippen LogP contribution in [0.1, 0.15) is 134 Å². The van der Waals surface area contributed by atoms with Crippen molar-refractivity contribution in [2.75, 3.05) is 0 Å². The van der Waals surface area contributed by atoms with E-state index in [-0.39, 0.29) is 0 Å². The molecule has 0 amide bonds. The van der Waals surface area contributed by atoms with Crippen LogP contribution in [-0.2, 0) is 0 Å². The van der Waals surface area contributed by atoms with Gasteiger partial charge in [-0.1, -0.05) is 199 Å². The first-order chi connectivity index (χ1) is 21.1. The second kappa shape index (κ2) is 27.8. The molecule has 2 aliphatic carbocycles. The Morgan fingerprint density at radius 1 is 0.511 bits per heavy atom. The van der Waals surface area contributed by atoms with Crippen LogP contribution in [-0.4, -0.2) is 43.5 Å². The van der Waals surface area contributed by atoms with Gasteiger partial charge in [0.15, 0.2) is 0 Å². The highest BCUT2D eigenvalue weighted by Gasteiger charge is 2.29. The molecule has 4 atom stereocenters. The summed E-state index contributed by atoms with van der Waals surface area (Å²) in [6, 6.07) is 0. The topological polar surface area (TPSA) is 0 Å². The molecular formula is C42H85Al3. The highest BCUT2D eigenvalue weighted by atomic mass is 27.2. The van der Waals surface area contributed by atoms with Crippen LogP contribution >= 0.6 is 0 Å². The fourth-order valence-electron chi connectivity index (χ4n) is 8.39. The lowest BCUT2D eigenvalue weighted by molar-refractivity contribution is 0.467. The highest BCUT2D eigenvalue weighted by Crippen LogP contribution is 2.38. The van der Waals surface area contributed by atoms with E-state index in [1.165, 1.54) is 29.8 Å². The number of hydrogen-bond donors (Lipinski definition) is 0. The molecular weight excluding hydrogens is 585 g/mol. The summed E-state index contributed by atoms with van der Waals surface area (Å²) in [6.07, 6.45) is 16.0. The summed E-state index contributed by atoms with van der Waals surface area (Å²) < 4.78 is 0. The van der Waals surface area contributed by atoms with Crippen molar-refractivity contribution in [3.8, 4) is 0 Å². The van der Waals surface area contributed by atoms with Crippen molar-refractivity contribution in [2.24, 2.45) is 59.2 Å². The maximum Gasteiger partial charge on any atom is 0.262 e. The van der Waals surface area contributed by atoms with E-state index in [1.807, 2.05) is 0 Å². The standard InChI is InChI=1S/C9H16.C9H14.6C4H9.3Al.H/c2*1-3-8-5-6-9(4-2)7-8;6*1-4(2)3;;;;/h8-9H,1-7H2;3-4,8-9H,1-2,5-7H2;6*4H,1H2,2-3H3;;;;. The molecule has 4 unspecified atom stereocenters. The average molecular weight is 671 g/mol. The molecule has 0 spiro atoms. The van der Waals surface area contributed by atoms with Crippen molar-refractivity contribution in [1.29, 1.82) is 0 Å². The third-order valence-corrected chi connectivity index (χ3v) is 22.4. The molecule has 2 fully saturated rings. The van der Waals surface area contributed by atoms with Crippen molar-refractivity contribution >= 4 is 43.5 Å². The zero-order valence-electron chi connectivity index (χ0n) is 33.5. The molecule has 3 heteroatoms. The predicted molar refractivity (Wildman–Crippen MR) is 217 cm³/mol. The molecule has 45 heavy (non-hydrogen) atoms. The van der Waals surface area contributed by atoms with Gasteiger partial charge in [0.05, 0.1) is 0 Å². The third kappa shape index (κ3) is 27.6. The SMILES string of the molecule is C=CC1CCC(C=C)C1.CC(C)[CH2][AlH][CH2]C(C)C.CC(C)[CH2][Al]([CH2]CC1CCC(C[CH2][Al]([CH2]C(C)C)[CH2]C(C)C)C1)[CH2]C(C)C. The molecule has 2 rings (SSSR count). The highest BCUT2D eigenvalue weighted by molar-refractivity contribution is 6.59. The van der Waals surface area contributed by atoms with Gasteiger partial charge in [-0.2, -0.15) is 0 Å². The number of hydrogen-bond acceptors (Lipinski definition) is 0. The molecule has 262 valence electrons. The fraction of sp³-hybridized carbons (Fsp3) is 0.905. The molecule has 2 aliphatic rings. The predicted octanol–water partition coefficient (Wildman–Crippen LogP) is 14.1. The summed E-state index contributed by atoms with van der Waals surface area (Å²) in [5.74, 6) is 9.37. The average Bonchev–Trinajstić information content (AvgIpc) is 3.59. The summed E-state index contributed by atoms with van der Waals surface area (Å²) in [5.41, 5.74) is 0. The Morgan fingerprint density at radius 3 is 1.09 bits per heavy atom. The van der Waals surface area contributed by atoms with E-state index in [4.69, 9.17) is 0 Å². The van der Waals surface area contributed by atoms with Crippen molar-refractivity contribution in [2.45, 2.75) is 177 Å². The van der Waals surface area contributed by atoms with E-state index in [2.05, 4.69) is 108 Å². The summed E-state index contributed by atoms with van der Waals surface area (Å²) in [7, 11) is 0. The molecule has 2 saturated carbocycles. The van der Waals surface area contributed by atoms with Gasteiger partial charge >= 0.3 is 0 Å². The Morgan fingerprint density at radius 2 is 0.844 bits per heavy atom. The maximum absolute atomic E-state index is 3.78. The van der Waals surface area contributed by atoms with Crippen molar-refractivity contribution in [1.82, 2.24) is 0 Å². The minimum absolute atomic E-state index is 0.316. The molecule has 0 saturated heterocycles. The van der Waals surface area contributed by atoms with Crippen molar-refractivity contribution < 1.29 is 0 Å². The molecule has 0 N–H and O–H groups in total. The molecule has 0 nitrogen and oxygen atoms in total. The van der Waals surface area contributed by atoms with Crippen LogP contribution in [0.4, 0.5) is 0 Å². The Hall–Kier alpha value is 1.08. The van der Waals surface area contributed by atoms with E-state index in [0.717, 1.165) is 59.2 Å². The van der Waals surface area contributed by atoms with E-state index in [9.17, 15) is 0 Å². The first-order valence-corrected chi connectivity index (χ1v) is 27.3. The van der Waals surface area contributed by atoms with Crippen LogP contribution in [0.15, 0.2) is 25.3 Å². The third-order valence-electron chi connectivity index (χ3n) is 10.6. The second-order valence-corrected chi connectivity index (χ2v) is 26.8. The van der Waals surface area contributed by atoms with Crippen LogP contribution < -0.4 is 0 Å². The maximum atomic E-state index is 3.78. The Kier molecular flexibility index (Phi) is 28.5. The van der Waals surface area contributed by atoms with E-state index < -0.39 is 28.3 Å². The largest absolute Gasteiger partial charge is 0.262 e. The molecule has 0 heterocycles. The Labute approximate surface area is 302 Å². The van der Waals surface area contributed by atoms with Crippen LogP contribution in [0, 0.1) is 59.2 Å². The van der Waals surface area contributed by atoms with Gasteiger partial charge in [-0.05, 0) is 49.4 Å². The first kappa shape index (κ1) is 46.1. The number of allylic oxidation sites excluding steroid dienone is 2. The minimum atomic E-state index is -0.485. The van der Waals surface area contributed by atoms with Gasteiger partial charge in [-0.25, -0.2) is 0 Å². The zero-order chi connectivity index (χ0) is 34.4. The van der Waals surface area contributed by atoms with E-state index in [0.29, 0.717) is 15.2 Å². The Balaban J connectivity index is 0.000000868. The van der Waals surface area contributed by atoms with Gasteiger partial charge in [0.2, 0.25) is 15.2 Å². The molecule has 0 aliphatic heterocycles. The van der Waals surface area contributed by atoms with Crippen LogP contribution in [0.5, 0.6) is 0 Å². The van der Waals surface area contributed by atoms with Crippen molar-refractivity contribution in [3.05, 3.63) is 25.3 Å². The quantitative estimate of drug-likeness (QED) is 0.0893. The van der Waals surface area contributed by atoms with Crippen molar-refractivity contribution in [3.63, 3.8) is 0 Å². The number of rotatable bonds is 20. The molecule has 0 bridgehead atoms. The molecule has 0 aromatic carbocycles. The lowest BCUT2D eigenvalue weighted by Gasteiger charge is -2.19. The monoisotopic (exact) mass is 671 g/mol. The van der Waals surface area contributed by atoms with E-state index >= 15 is 0 Å². The van der Waals surface area contributed by atoms with Gasteiger partial charge in [-0.15, -0.1) is 13.2 Å². The summed E-state index contributed by atoms with van der Waals surface area (Å²) in [6.45, 7) is 36.4. The van der Waals surface area contributed by atoms with E-state index in [1.54, 1.807) is 63.8 Å². The van der Waals surface area contributed by atoms with Crippen LogP contribution in [0.2, 0.25) is 42.3 Å². The van der Waals surface area contributed by atoms with Gasteiger partial charge in [0.1, 0.15) is 0 Å². The lowest BCUT2D eigenvalue weighted by Crippen LogP contribution is -2.19. The van der Waals surface area contributed by atoms with Gasteiger partial charge in [-0.3, -0.25) is 0 Å². The molecule has 0 radical (unpaired) electrons. The van der Waals surface area contributed by atoms with Gasteiger partial charge in [0.25, 0.3) is 28.3 Å². The second-order valence-electron chi connectivity index (χ2n) is 18.5. The van der Waals surface area contributed by atoms with Gasteiger partial charge < -0.3 is 0 Å². The summed E-state index contributed by atoms with van der Waals surface area (Å²) >= 11 is -0.653. The smallest absolute Gasteiger partial charge is 0.103 e. The summed E-state index contributed by atoms with van der Waals surface area (Å²) in [5, 5.41) is 12.7. The Bertz CT molecular complexity index is 618.